The molecule has 0 saturated carbocycles. The monoisotopic (exact) mass is 273 g/mol. The normalized spacial score (nSPS) is 12.1. The minimum absolute atomic E-state index is 0.110. The molecular weight excluding hydrogens is 254 g/mol. The van der Waals surface area contributed by atoms with Gasteiger partial charge in [-0.3, -0.25) is 4.79 Å². The maximum Gasteiger partial charge on any atom is 0.251 e. The van der Waals surface area contributed by atoms with Crippen molar-refractivity contribution in [3.8, 4) is 0 Å². The summed E-state index contributed by atoms with van der Waals surface area (Å²) in [7, 11) is 1.59. The second kappa shape index (κ2) is 6.91. The Kier molecular flexibility index (Phi) is 4.96. The van der Waals surface area contributed by atoms with Crippen molar-refractivity contribution in [3.05, 3.63) is 59.5 Å². The second-order valence-electron chi connectivity index (χ2n) is 4.50. The smallest absolute Gasteiger partial charge is 0.251 e. The molecule has 1 aromatic heterocycles. The van der Waals surface area contributed by atoms with Gasteiger partial charge in [0.15, 0.2) is 0 Å². The number of furan rings is 1. The van der Waals surface area contributed by atoms with E-state index in [0.29, 0.717) is 17.9 Å². The third-order valence-electron chi connectivity index (χ3n) is 3.22. The van der Waals surface area contributed by atoms with Gasteiger partial charge in [0.1, 0.15) is 11.9 Å². The number of hydrogen-bond acceptors (Lipinski definition) is 3. The Labute approximate surface area is 118 Å². The van der Waals surface area contributed by atoms with Crippen molar-refractivity contribution in [2.75, 3.05) is 13.7 Å². The molecule has 0 spiro atoms. The third-order valence-corrected chi connectivity index (χ3v) is 3.22. The molecule has 4 nitrogen and oxygen atoms in total. The van der Waals surface area contributed by atoms with Crippen LogP contribution in [0.25, 0.3) is 0 Å². The number of carbonyl (C=O) groups excluding carboxylic acids is 1. The molecule has 2 aromatic rings. The zero-order valence-corrected chi connectivity index (χ0v) is 11.8. The van der Waals surface area contributed by atoms with Crippen molar-refractivity contribution in [2.24, 2.45) is 0 Å². The Hall–Kier alpha value is -2.07. The van der Waals surface area contributed by atoms with Crippen molar-refractivity contribution < 1.29 is 13.9 Å². The zero-order valence-electron chi connectivity index (χ0n) is 11.8. The summed E-state index contributed by atoms with van der Waals surface area (Å²) in [6.07, 6.45) is 2.28. The van der Waals surface area contributed by atoms with Crippen LogP contribution in [0.4, 0.5) is 0 Å². The van der Waals surface area contributed by atoms with Gasteiger partial charge >= 0.3 is 0 Å². The summed E-state index contributed by atoms with van der Waals surface area (Å²) in [5, 5.41) is 2.85. The van der Waals surface area contributed by atoms with E-state index in [1.165, 1.54) is 5.56 Å². The lowest BCUT2D eigenvalue weighted by Gasteiger charge is -2.13. The second-order valence-corrected chi connectivity index (χ2v) is 4.50. The van der Waals surface area contributed by atoms with Crippen LogP contribution in [0.5, 0.6) is 0 Å². The van der Waals surface area contributed by atoms with E-state index in [0.717, 1.165) is 6.42 Å². The van der Waals surface area contributed by atoms with Gasteiger partial charge in [-0.1, -0.05) is 19.1 Å². The van der Waals surface area contributed by atoms with Crippen LogP contribution in [0.2, 0.25) is 0 Å². The van der Waals surface area contributed by atoms with Crippen LogP contribution in [-0.2, 0) is 11.2 Å². The summed E-state index contributed by atoms with van der Waals surface area (Å²) in [6, 6.07) is 11.2. The van der Waals surface area contributed by atoms with Crippen molar-refractivity contribution in [1.29, 1.82) is 0 Å². The molecule has 106 valence electrons. The first-order valence-corrected chi connectivity index (χ1v) is 6.68. The molecule has 0 unspecified atom stereocenters. The molecule has 0 bridgehead atoms. The lowest BCUT2D eigenvalue weighted by atomic mass is 10.1. The molecule has 1 amide bonds. The molecule has 0 aliphatic heterocycles. The zero-order chi connectivity index (χ0) is 14.4. The molecule has 20 heavy (non-hydrogen) atoms. The van der Waals surface area contributed by atoms with Crippen LogP contribution in [0, 0.1) is 0 Å². The average molecular weight is 273 g/mol. The number of ether oxygens (including phenoxy) is 1. The lowest BCUT2D eigenvalue weighted by Crippen LogP contribution is -2.29. The molecule has 1 aromatic carbocycles. The Morgan fingerprint density at radius 2 is 2.05 bits per heavy atom. The highest BCUT2D eigenvalue weighted by molar-refractivity contribution is 5.94. The first-order chi connectivity index (χ1) is 9.74. The van der Waals surface area contributed by atoms with Gasteiger partial charge in [-0.05, 0) is 36.2 Å². The summed E-state index contributed by atoms with van der Waals surface area (Å²) in [6.45, 7) is 2.46. The van der Waals surface area contributed by atoms with E-state index in [4.69, 9.17) is 9.15 Å². The van der Waals surface area contributed by atoms with Gasteiger partial charge in [0, 0.05) is 12.7 Å². The topological polar surface area (TPSA) is 51.5 Å². The molecule has 0 fully saturated rings. The Bertz CT molecular complexity index is 531. The van der Waals surface area contributed by atoms with Crippen molar-refractivity contribution in [1.82, 2.24) is 5.32 Å². The Morgan fingerprint density at radius 1 is 1.30 bits per heavy atom. The van der Waals surface area contributed by atoms with Gasteiger partial charge < -0.3 is 14.5 Å². The lowest BCUT2D eigenvalue weighted by molar-refractivity contribution is 0.0738. The highest BCUT2D eigenvalue weighted by atomic mass is 16.5. The van der Waals surface area contributed by atoms with Crippen LogP contribution in [0.1, 0.15) is 34.7 Å². The number of nitrogens with one attached hydrogen (secondary N) is 1. The maximum absolute atomic E-state index is 12.0. The first kappa shape index (κ1) is 14.3. The van der Waals surface area contributed by atoms with Crippen LogP contribution < -0.4 is 5.32 Å². The molecular formula is C16H19NO3. The molecule has 1 heterocycles. The molecule has 0 saturated heterocycles. The number of benzene rings is 1. The van der Waals surface area contributed by atoms with Gasteiger partial charge in [-0.15, -0.1) is 0 Å². The number of hydrogen-bond donors (Lipinski definition) is 1. The summed E-state index contributed by atoms with van der Waals surface area (Å²) in [5.74, 6) is 0.593. The number of rotatable bonds is 6. The van der Waals surface area contributed by atoms with Gasteiger partial charge in [0.2, 0.25) is 0 Å². The Morgan fingerprint density at radius 3 is 2.60 bits per heavy atom. The fourth-order valence-electron chi connectivity index (χ4n) is 1.95. The van der Waals surface area contributed by atoms with Crippen molar-refractivity contribution in [2.45, 2.75) is 19.4 Å². The number of methoxy groups -OCH3 is 1. The summed E-state index contributed by atoms with van der Waals surface area (Å²) < 4.78 is 10.6. The standard InChI is InChI=1S/C16H19NO3/c1-3-12-6-8-13(9-7-12)16(18)17-11-15(19-2)14-5-4-10-20-14/h4-10,15H,3,11H2,1-2H3,(H,17,18)/t15-/m0/s1. The SMILES string of the molecule is CCc1ccc(C(=O)NC[C@H](OC)c2ccco2)cc1. The minimum Gasteiger partial charge on any atom is -0.467 e. The van der Waals surface area contributed by atoms with E-state index >= 15 is 0 Å². The van der Waals surface area contributed by atoms with Gasteiger partial charge in [-0.2, -0.15) is 0 Å². The third kappa shape index (κ3) is 3.48. The summed E-state index contributed by atoms with van der Waals surface area (Å²) >= 11 is 0. The predicted octanol–water partition coefficient (Wildman–Crippen LogP) is 2.96. The van der Waals surface area contributed by atoms with E-state index < -0.39 is 0 Å². The van der Waals surface area contributed by atoms with E-state index in [-0.39, 0.29) is 12.0 Å². The molecule has 0 aliphatic rings. The molecule has 0 radical (unpaired) electrons. The molecule has 2 rings (SSSR count). The molecule has 1 N–H and O–H groups in total. The molecule has 4 heteroatoms. The summed E-state index contributed by atoms with van der Waals surface area (Å²) in [5.41, 5.74) is 1.86. The molecule has 0 aliphatic carbocycles. The molecule has 1 atom stereocenters. The predicted molar refractivity (Wildman–Crippen MR) is 76.6 cm³/mol. The maximum atomic E-state index is 12.0. The Balaban J connectivity index is 1.93. The van der Waals surface area contributed by atoms with Crippen LogP contribution in [0.3, 0.4) is 0 Å². The van der Waals surface area contributed by atoms with Gasteiger partial charge in [0.05, 0.1) is 12.8 Å². The highest BCUT2D eigenvalue weighted by Gasteiger charge is 2.15. The van der Waals surface area contributed by atoms with E-state index in [1.807, 2.05) is 30.3 Å². The highest BCUT2D eigenvalue weighted by Crippen LogP contribution is 2.16. The van der Waals surface area contributed by atoms with Crippen LogP contribution in [-0.4, -0.2) is 19.6 Å². The largest absolute Gasteiger partial charge is 0.467 e. The van der Waals surface area contributed by atoms with E-state index in [9.17, 15) is 4.79 Å². The first-order valence-electron chi connectivity index (χ1n) is 6.68. The van der Waals surface area contributed by atoms with Crippen molar-refractivity contribution >= 4 is 5.91 Å². The summed E-state index contributed by atoms with van der Waals surface area (Å²) in [4.78, 5) is 12.0. The van der Waals surface area contributed by atoms with Gasteiger partial charge in [-0.25, -0.2) is 0 Å². The quantitative estimate of drug-likeness (QED) is 0.880. The van der Waals surface area contributed by atoms with Crippen LogP contribution in [0.15, 0.2) is 47.1 Å². The fourth-order valence-corrected chi connectivity index (χ4v) is 1.95. The fraction of sp³-hybridized carbons (Fsp3) is 0.312. The number of carbonyl (C=O) groups is 1. The van der Waals surface area contributed by atoms with Crippen LogP contribution >= 0.6 is 0 Å². The van der Waals surface area contributed by atoms with E-state index in [1.54, 1.807) is 19.4 Å². The van der Waals surface area contributed by atoms with Gasteiger partial charge in [0.25, 0.3) is 5.91 Å². The van der Waals surface area contributed by atoms with E-state index in [2.05, 4.69) is 12.2 Å². The number of aryl methyl sites for hydroxylation is 1. The minimum atomic E-state index is -0.274. The van der Waals surface area contributed by atoms with Crippen molar-refractivity contribution in [3.63, 3.8) is 0 Å². The average Bonchev–Trinajstić information content (AvgIpc) is 3.02. The number of amides is 1.